The van der Waals surface area contributed by atoms with Gasteiger partial charge in [0.15, 0.2) is 6.61 Å². The number of carboxylic acid groups (broad SMARTS) is 1. The second kappa shape index (κ2) is 9.72. The van der Waals surface area contributed by atoms with Gasteiger partial charge >= 0.3 is 5.97 Å². The Labute approximate surface area is 207 Å². The van der Waals surface area contributed by atoms with Crippen LogP contribution in [0.25, 0.3) is 22.3 Å². The van der Waals surface area contributed by atoms with Crippen molar-refractivity contribution in [1.82, 2.24) is 0 Å². The van der Waals surface area contributed by atoms with Gasteiger partial charge in [0.25, 0.3) is 11.8 Å². The van der Waals surface area contributed by atoms with Crippen molar-refractivity contribution in [2.45, 2.75) is 0 Å². The number of carbonyl (C=O) groups excluding carboxylic acids is 2. The van der Waals surface area contributed by atoms with E-state index in [1.165, 1.54) is 4.90 Å². The van der Waals surface area contributed by atoms with Crippen molar-refractivity contribution in [3.05, 3.63) is 120 Å². The van der Waals surface area contributed by atoms with E-state index in [0.29, 0.717) is 44.8 Å². The van der Waals surface area contributed by atoms with Crippen LogP contribution in [-0.2, 0) is 14.4 Å². The molecular formula is C30H21NO5. The molecule has 1 aliphatic rings. The summed E-state index contributed by atoms with van der Waals surface area (Å²) >= 11 is 0. The van der Waals surface area contributed by atoms with E-state index in [2.05, 4.69) is 0 Å². The first-order valence-corrected chi connectivity index (χ1v) is 11.3. The van der Waals surface area contributed by atoms with Crippen LogP contribution in [0.1, 0.15) is 11.1 Å². The number of rotatable bonds is 7. The van der Waals surface area contributed by atoms with Gasteiger partial charge in [-0.05, 0) is 34.9 Å². The zero-order chi connectivity index (χ0) is 25.1. The highest BCUT2D eigenvalue weighted by Gasteiger charge is 2.41. The highest BCUT2D eigenvalue weighted by Crippen LogP contribution is 2.41. The van der Waals surface area contributed by atoms with Crippen LogP contribution in [0.4, 0.5) is 5.69 Å². The lowest BCUT2D eigenvalue weighted by atomic mass is 9.96. The number of carbonyl (C=O) groups is 3. The number of para-hydroxylation sites is 1. The molecule has 0 saturated heterocycles. The van der Waals surface area contributed by atoms with E-state index in [0.717, 1.165) is 0 Å². The first-order chi connectivity index (χ1) is 17.5. The van der Waals surface area contributed by atoms with Crippen LogP contribution in [0.2, 0.25) is 0 Å². The Morgan fingerprint density at radius 3 is 1.78 bits per heavy atom. The second-order valence-corrected chi connectivity index (χ2v) is 8.16. The quantitative estimate of drug-likeness (QED) is 0.367. The molecule has 36 heavy (non-hydrogen) atoms. The molecule has 0 atom stereocenters. The predicted molar refractivity (Wildman–Crippen MR) is 137 cm³/mol. The average Bonchev–Trinajstić information content (AvgIpc) is 3.18. The molecule has 0 fully saturated rings. The first kappa shape index (κ1) is 22.8. The van der Waals surface area contributed by atoms with Crippen molar-refractivity contribution >= 4 is 34.6 Å². The Bertz CT molecular complexity index is 1430. The Balaban J connectivity index is 1.61. The summed E-state index contributed by atoms with van der Waals surface area (Å²) in [5, 5.41) is 8.93. The van der Waals surface area contributed by atoms with E-state index in [-0.39, 0.29) is 0 Å². The summed E-state index contributed by atoms with van der Waals surface area (Å²) in [6.45, 7) is -0.473. The summed E-state index contributed by atoms with van der Waals surface area (Å²) in [5.41, 5.74) is 3.78. The van der Waals surface area contributed by atoms with Gasteiger partial charge in [0.2, 0.25) is 0 Å². The van der Waals surface area contributed by atoms with Crippen LogP contribution < -0.4 is 9.64 Å². The number of hydrogen-bond donors (Lipinski definition) is 1. The van der Waals surface area contributed by atoms with Gasteiger partial charge in [-0.15, -0.1) is 0 Å². The number of hydrogen-bond acceptors (Lipinski definition) is 4. The summed E-state index contributed by atoms with van der Waals surface area (Å²) in [7, 11) is 0. The molecule has 1 aliphatic heterocycles. The van der Waals surface area contributed by atoms with Crippen LogP contribution >= 0.6 is 0 Å². The van der Waals surface area contributed by atoms with Gasteiger partial charge in [-0.25, -0.2) is 9.69 Å². The number of imide groups is 1. The third kappa shape index (κ3) is 4.28. The summed E-state index contributed by atoms with van der Waals surface area (Å²) < 4.78 is 5.33. The zero-order valence-electron chi connectivity index (χ0n) is 19.1. The average molecular weight is 476 g/mol. The van der Waals surface area contributed by atoms with Crippen LogP contribution in [-0.4, -0.2) is 29.5 Å². The van der Waals surface area contributed by atoms with E-state index < -0.39 is 24.4 Å². The molecule has 0 aromatic heterocycles. The molecule has 6 nitrogen and oxygen atoms in total. The van der Waals surface area contributed by atoms with E-state index in [1.54, 1.807) is 30.3 Å². The molecule has 5 rings (SSSR count). The van der Waals surface area contributed by atoms with Crippen LogP contribution in [0.5, 0.6) is 5.75 Å². The summed E-state index contributed by atoms with van der Waals surface area (Å²) in [6, 6.07) is 32.4. The second-order valence-electron chi connectivity index (χ2n) is 8.16. The minimum absolute atomic E-state index is 0.347. The normalized spacial score (nSPS) is 13.3. The molecule has 1 heterocycles. The fourth-order valence-corrected chi connectivity index (χ4v) is 4.30. The van der Waals surface area contributed by atoms with Crippen LogP contribution in [0.15, 0.2) is 109 Å². The van der Waals surface area contributed by atoms with Crippen molar-refractivity contribution in [1.29, 1.82) is 0 Å². The van der Waals surface area contributed by atoms with E-state index in [1.807, 2.05) is 78.9 Å². The molecule has 0 bridgehead atoms. The van der Waals surface area contributed by atoms with Crippen molar-refractivity contribution in [3.8, 4) is 16.9 Å². The van der Waals surface area contributed by atoms with Crippen molar-refractivity contribution < 1.29 is 24.2 Å². The first-order valence-electron chi connectivity index (χ1n) is 11.3. The number of ether oxygens (including phenoxy) is 1. The Hall–Kier alpha value is -4.97. The molecule has 6 heteroatoms. The van der Waals surface area contributed by atoms with Crippen molar-refractivity contribution in [2.24, 2.45) is 0 Å². The smallest absolute Gasteiger partial charge is 0.341 e. The lowest BCUT2D eigenvalue weighted by Crippen LogP contribution is -2.31. The summed E-state index contributed by atoms with van der Waals surface area (Å²) in [5.74, 6) is -1.52. The molecular weight excluding hydrogens is 454 g/mol. The third-order valence-electron chi connectivity index (χ3n) is 5.86. The van der Waals surface area contributed by atoms with Crippen LogP contribution in [0.3, 0.4) is 0 Å². The highest BCUT2D eigenvalue weighted by atomic mass is 16.5. The minimum atomic E-state index is -1.08. The lowest BCUT2D eigenvalue weighted by molar-refractivity contribution is -0.139. The molecule has 2 amide bonds. The standard InChI is InChI=1S/C30H21NO5/c32-26(33)19-36-23-15-9-14-22(18-23)24-16-7-8-17-25(24)31-29(34)27(20-10-3-1-4-11-20)28(30(31)35)21-12-5-2-6-13-21/h1-18H,19H2,(H,32,33). The SMILES string of the molecule is O=C(O)COc1cccc(-c2ccccc2N2C(=O)C(c3ccccc3)=C(c3ccccc3)C2=O)c1. The van der Waals surface area contributed by atoms with Gasteiger partial charge in [0, 0.05) is 5.56 Å². The monoisotopic (exact) mass is 475 g/mol. The van der Waals surface area contributed by atoms with Crippen molar-refractivity contribution in [2.75, 3.05) is 11.5 Å². The molecule has 1 N–H and O–H groups in total. The number of anilines is 1. The van der Waals surface area contributed by atoms with Gasteiger partial charge in [-0.2, -0.15) is 0 Å². The van der Waals surface area contributed by atoms with E-state index >= 15 is 0 Å². The lowest BCUT2D eigenvalue weighted by Gasteiger charge is -2.20. The molecule has 0 aliphatic carbocycles. The predicted octanol–water partition coefficient (Wildman–Crippen LogP) is 5.30. The van der Waals surface area contributed by atoms with Crippen LogP contribution in [0, 0.1) is 0 Å². The number of amides is 2. The molecule has 0 spiro atoms. The molecule has 0 unspecified atom stereocenters. The van der Waals surface area contributed by atoms with E-state index in [9.17, 15) is 14.4 Å². The molecule has 4 aromatic rings. The van der Waals surface area contributed by atoms with E-state index in [4.69, 9.17) is 9.84 Å². The number of nitrogens with zero attached hydrogens (tertiary/aromatic N) is 1. The molecule has 176 valence electrons. The fourth-order valence-electron chi connectivity index (χ4n) is 4.30. The van der Waals surface area contributed by atoms with Gasteiger partial charge in [0.1, 0.15) is 5.75 Å². The van der Waals surface area contributed by atoms with Gasteiger partial charge in [-0.1, -0.05) is 91.0 Å². The van der Waals surface area contributed by atoms with Gasteiger partial charge in [-0.3, -0.25) is 9.59 Å². The van der Waals surface area contributed by atoms with Crippen molar-refractivity contribution in [3.63, 3.8) is 0 Å². The summed E-state index contributed by atoms with van der Waals surface area (Å²) in [6.07, 6.45) is 0. The van der Waals surface area contributed by atoms with Gasteiger partial charge < -0.3 is 9.84 Å². The molecule has 0 saturated carbocycles. The third-order valence-corrected chi connectivity index (χ3v) is 5.86. The minimum Gasteiger partial charge on any atom is -0.482 e. The topological polar surface area (TPSA) is 83.9 Å². The highest BCUT2D eigenvalue weighted by molar-refractivity contribution is 6.57. The largest absolute Gasteiger partial charge is 0.482 e. The maximum Gasteiger partial charge on any atom is 0.341 e. The maximum absolute atomic E-state index is 13.9. The van der Waals surface area contributed by atoms with Gasteiger partial charge in [0.05, 0.1) is 16.8 Å². The summed E-state index contributed by atoms with van der Waals surface area (Å²) in [4.78, 5) is 39.9. The molecule has 0 radical (unpaired) electrons. The maximum atomic E-state index is 13.9. The fraction of sp³-hybridized carbons (Fsp3) is 0.0333. The number of aliphatic carboxylic acids is 1. The Morgan fingerprint density at radius 1 is 0.667 bits per heavy atom. The zero-order valence-corrected chi connectivity index (χ0v) is 19.1. The number of carboxylic acids is 1. The molecule has 4 aromatic carbocycles. The Kier molecular flexibility index (Phi) is 6.16. The number of benzene rings is 4. The Morgan fingerprint density at radius 2 is 1.19 bits per heavy atom.